The van der Waals surface area contributed by atoms with Gasteiger partial charge in [-0.2, -0.15) is 0 Å². The van der Waals surface area contributed by atoms with E-state index in [2.05, 4.69) is 5.32 Å². The summed E-state index contributed by atoms with van der Waals surface area (Å²) in [4.78, 5) is 25.4. The van der Waals surface area contributed by atoms with Crippen LogP contribution in [0.25, 0.3) is 0 Å². The Morgan fingerprint density at radius 2 is 1.85 bits per heavy atom. The van der Waals surface area contributed by atoms with Crippen molar-refractivity contribution in [1.29, 1.82) is 0 Å². The lowest BCUT2D eigenvalue weighted by atomic mass is 10.0. The van der Waals surface area contributed by atoms with Gasteiger partial charge in [0, 0.05) is 18.2 Å². The Kier molecular flexibility index (Phi) is 4.93. The molecule has 4 rings (SSSR count). The predicted octanol–water partition coefficient (Wildman–Crippen LogP) is 4.36. The molecule has 2 aromatic carbocycles. The van der Waals surface area contributed by atoms with Crippen molar-refractivity contribution in [3.05, 3.63) is 64.2 Å². The third-order valence-electron chi connectivity index (χ3n) is 5.12. The molecule has 1 heterocycles. The van der Waals surface area contributed by atoms with Gasteiger partial charge in [0.2, 0.25) is 5.91 Å². The number of anilines is 2. The molecule has 1 aliphatic heterocycles. The summed E-state index contributed by atoms with van der Waals surface area (Å²) < 4.78 is 0. The molecule has 2 aromatic rings. The smallest absolute Gasteiger partial charge is 0.269 e. The van der Waals surface area contributed by atoms with Crippen molar-refractivity contribution in [2.45, 2.75) is 39.3 Å². The average molecular weight is 353 g/mol. The van der Waals surface area contributed by atoms with E-state index in [1.807, 2.05) is 29.2 Å². The van der Waals surface area contributed by atoms with Crippen LogP contribution in [0.1, 0.15) is 32.3 Å². The molecule has 1 amide bonds. The molecule has 136 valence electrons. The molecule has 6 nitrogen and oxygen atoms in total. The molecular formula is C20H23N3O3. The molecule has 2 atom stereocenters. The maximum Gasteiger partial charge on any atom is 0.269 e. The number of nitro groups is 1. The van der Waals surface area contributed by atoms with Crippen LogP contribution in [0, 0.1) is 16.0 Å². The van der Waals surface area contributed by atoms with Gasteiger partial charge >= 0.3 is 0 Å². The Morgan fingerprint density at radius 1 is 1.12 bits per heavy atom. The van der Waals surface area contributed by atoms with Crippen LogP contribution in [0.5, 0.6) is 0 Å². The lowest BCUT2D eigenvalue weighted by Gasteiger charge is -2.25. The van der Waals surface area contributed by atoms with Crippen molar-refractivity contribution in [3.8, 4) is 0 Å². The third kappa shape index (κ3) is 3.14. The molecule has 0 bridgehead atoms. The number of para-hydroxylation sites is 2. The van der Waals surface area contributed by atoms with E-state index >= 15 is 0 Å². The van der Waals surface area contributed by atoms with Crippen molar-refractivity contribution >= 4 is 23.0 Å². The monoisotopic (exact) mass is 353 g/mol. The van der Waals surface area contributed by atoms with E-state index in [9.17, 15) is 14.9 Å². The number of nitro benzene ring substituents is 1. The first kappa shape index (κ1) is 17.9. The highest BCUT2D eigenvalue weighted by atomic mass is 16.6. The summed E-state index contributed by atoms with van der Waals surface area (Å²) in [5.74, 6) is 0.128. The second kappa shape index (κ2) is 7.15. The molecule has 2 aliphatic rings. The lowest BCUT2D eigenvalue weighted by molar-refractivity contribution is -0.384. The molecule has 1 saturated carbocycles. The minimum absolute atomic E-state index is 0. The van der Waals surface area contributed by atoms with Crippen molar-refractivity contribution in [1.82, 2.24) is 0 Å². The van der Waals surface area contributed by atoms with E-state index in [1.54, 1.807) is 12.1 Å². The number of carbonyl (C=O) groups is 1. The number of benzene rings is 2. The van der Waals surface area contributed by atoms with Crippen LogP contribution in [0.3, 0.4) is 0 Å². The largest absolute Gasteiger partial charge is 0.380 e. The van der Waals surface area contributed by atoms with Gasteiger partial charge in [-0.25, -0.2) is 0 Å². The number of nitrogens with one attached hydrogen (secondary N) is 1. The second-order valence-corrected chi connectivity index (χ2v) is 6.65. The molecule has 0 radical (unpaired) electrons. The SMILES string of the molecule is C.O=C1C2CCCC2Nc2ccccc2N1Cc1ccc([N+](=O)[O-])cc1. The molecule has 0 aromatic heterocycles. The fourth-order valence-electron chi connectivity index (χ4n) is 3.85. The molecule has 1 aliphatic carbocycles. The van der Waals surface area contributed by atoms with Crippen LogP contribution in [0.2, 0.25) is 0 Å². The van der Waals surface area contributed by atoms with Gasteiger partial charge in [-0.15, -0.1) is 0 Å². The summed E-state index contributed by atoms with van der Waals surface area (Å²) >= 11 is 0. The van der Waals surface area contributed by atoms with Gasteiger partial charge in [-0.05, 0) is 30.5 Å². The summed E-state index contributed by atoms with van der Waals surface area (Å²) in [5, 5.41) is 14.4. The maximum absolute atomic E-state index is 13.1. The Morgan fingerprint density at radius 3 is 2.58 bits per heavy atom. The van der Waals surface area contributed by atoms with Gasteiger partial charge in [0.1, 0.15) is 0 Å². The summed E-state index contributed by atoms with van der Waals surface area (Å²) in [6.07, 6.45) is 2.97. The predicted molar refractivity (Wildman–Crippen MR) is 102 cm³/mol. The molecule has 26 heavy (non-hydrogen) atoms. The standard InChI is InChI=1S/C19H19N3O3.CH4/c23-19-15-4-3-6-16(15)20-17-5-1-2-7-18(17)21(19)12-13-8-10-14(11-9-13)22(24)25;/h1-2,5,7-11,15-16,20H,3-4,6,12H2;1H4. The molecule has 0 saturated heterocycles. The van der Waals surface area contributed by atoms with E-state index < -0.39 is 4.92 Å². The fourth-order valence-corrected chi connectivity index (χ4v) is 3.85. The normalized spacial score (nSPS) is 21.1. The van der Waals surface area contributed by atoms with Crippen molar-refractivity contribution in [2.75, 3.05) is 10.2 Å². The van der Waals surface area contributed by atoms with E-state index in [0.29, 0.717) is 6.54 Å². The first-order valence-electron chi connectivity index (χ1n) is 8.54. The Labute approximate surface area is 153 Å². The molecule has 2 unspecified atom stereocenters. The number of fused-ring (bicyclic) bond motifs is 2. The topological polar surface area (TPSA) is 75.5 Å². The quantitative estimate of drug-likeness (QED) is 0.657. The van der Waals surface area contributed by atoms with E-state index in [0.717, 1.165) is 36.2 Å². The number of hydrogen-bond donors (Lipinski definition) is 1. The summed E-state index contributed by atoms with van der Waals surface area (Å²) in [5.41, 5.74) is 2.79. The van der Waals surface area contributed by atoms with Gasteiger partial charge in [0.25, 0.3) is 5.69 Å². The van der Waals surface area contributed by atoms with Crippen LogP contribution in [0.4, 0.5) is 17.1 Å². The van der Waals surface area contributed by atoms with Crippen LogP contribution >= 0.6 is 0 Å². The second-order valence-electron chi connectivity index (χ2n) is 6.65. The van der Waals surface area contributed by atoms with Gasteiger partial charge in [0.05, 0.1) is 28.8 Å². The minimum Gasteiger partial charge on any atom is -0.380 e. The number of amides is 1. The molecular weight excluding hydrogens is 330 g/mol. The van der Waals surface area contributed by atoms with Crippen LogP contribution in [0.15, 0.2) is 48.5 Å². The number of non-ortho nitro benzene ring substituents is 1. The molecule has 0 spiro atoms. The first-order chi connectivity index (χ1) is 12.1. The number of rotatable bonds is 3. The highest BCUT2D eigenvalue weighted by Gasteiger charge is 2.39. The summed E-state index contributed by atoms with van der Waals surface area (Å²) in [6, 6.07) is 14.5. The Bertz CT molecular complexity index is 819. The van der Waals surface area contributed by atoms with Gasteiger partial charge in [-0.1, -0.05) is 38.1 Å². The number of carbonyl (C=O) groups excluding carboxylic acids is 1. The Hall–Kier alpha value is -2.89. The zero-order chi connectivity index (χ0) is 17.4. The zero-order valence-electron chi connectivity index (χ0n) is 13.7. The van der Waals surface area contributed by atoms with Gasteiger partial charge in [-0.3, -0.25) is 14.9 Å². The summed E-state index contributed by atoms with van der Waals surface area (Å²) in [6.45, 7) is 0.415. The average Bonchev–Trinajstić information content (AvgIpc) is 3.04. The highest BCUT2D eigenvalue weighted by molar-refractivity contribution is 6.00. The minimum atomic E-state index is -0.413. The molecule has 1 N–H and O–H groups in total. The highest BCUT2D eigenvalue weighted by Crippen LogP contribution is 2.39. The van der Waals surface area contributed by atoms with E-state index in [4.69, 9.17) is 0 Å². The first-order valence-corrected chi connectivity index (χ1v) is 8.54. The molecule has 6 heteroatoms. The lowest BCUT2D eigenvalue weighted by Crippen LogP contribution is -2.38. The maximum atomic E-state index is 13.1. The fraction of sp³-hybridized carbons (Fsp3) is 0.350. The number of hydrogen-bond acceptors (Lipinski definition) is 4. The zero-order valence-corrected chi connectivity index (χ0v) is 13.7. The van der Waals surface area contributed by atoms with Gasteiger partial charge < -0.3 is 10.2 Å². The van der Waals surface area contributed by atoms with Crippen molar-refractivity contribution < 1.29 is 9.72 Å². The third-order valence-corrected chi connectivity index (χ3v) is 5.12. The van der Waals surface area contributed by atoms with Crippen molar-refractivity contribution in [2.24, 2.45) is 5.92 Å². The van der Waals surface area contributed by atoms with Crippen LogP contribution < -0.4 is 10.2 Å². The number of nitrogens with zero attached hydrogens (tertiary/aromatic N) is 2. The van der Waals surface area contributed by atoms with Crippen LogP contribution in [-0.2, 0) is 11.3 Å². The van der Waals surface area contributed by atoms with Crippen LogP contribution in [-0.4, -0.2) is 16.9 Å². The molecule has 1 fully saturated rings. The Balaban J connectivity index is 0.00000196. The summed E-state index contributed by atoms with van der Waals surface area (Å²) in [7, 11) is 0. The van der Waals surface area contributed by atoms with E-state index in [-0.39, 0.29) is 31.0 Å². The van der Waals surface area contributed by atoms with Gasteiger partial charge in [0.15, 0.2) is 0 Å². The van der Waals surface area contributed by atoms with Crippen molar-refractivity contribution in [3.63, 3.8) is 0 Å². The van der Waals surface area contributed by atoms with E-state index in [1.165, 1.54) is 12.1 Å².